The summed E-state index contributed by atoms with van der Waals surface area (Å²) in [7, 11) is 0. The second-order valence-corrected chi connectivity index (χ2v) is 6.53. The molecular weight excluding hydrogens is 358 g/mol. The van der Waals surface area contributed by atoms with Crippen molar-refractivity contribution in [3.05, 3.63) is 59.7 Å². The van der Waals surface area contributed by atoms with E-state index >= 15 is 0 Å². The number of carbonyl (C=O) groups excluding carboxylic acids is 3. The van der Waals surface area contributed by atoms with E-state index in [1.54, 1.807) is 30.3 Å². The first-order valence-corrected chi connectivity index (χ1v) is 8.94. The molecule has 7 heteroatoms. The number of rotatable bonds is 5. The van der Waals surface area contributed by atoms with E-state index in [9.17, 15) is 14.4 Å². The first kappa shape index (κ1) is 19.3. The van der Waals surface area contributed by atoms with Crippen molar-refractivity contribution < 1.29 is 19.1 Å². The second kappa shape index (κ2) is 8.47. The Kier molecular flexibility index (Phi) is 5.84. The van der Waals surface area contributed by atoms with Crippen molar-refractivity contribution in [2.45, 2.75) is 26.7 Å². The largest absolute Gasteiger partial charge is 0.451 e. The fourth-order valence-electron chi connectivity index (χ4n) is 2.83. The van der Waals surface area contributed by atoms with Gasteiger partial charge in [0.1, 0.15) is 5.71 Å². The fraction of sp³-hybridized carbons (Fsp3) is 0.238. The van der Waals surface area contributed by atoms with E-state index in [4.69, 9.17) is 4.74 Å². The second-order valence-electron chi connectivity index (χ2n) is 6.53. The van der Waals surface area contributed by atoms with Crippen molar-refractivity contribution in [2.75, 3.05) is 16.9 Å². The van der Waals surface area contributed by atoms with Crippen LogP contribution in [0.25, 0.3) is 0 Å². The molecule has 1 N–H and O–H groups in total. The van der Waals surface area contributed by atoms with Crippen LogP contribution in [0, 0.1) is 13.8 Å². The van der Waals surface area contributed by atoms with E-state index in [0.717, 1.165) is 11.1 Å². The Hall–Kier alpha value is -3.48. The number of aryl methyl sites for hydroxylation is 2. The Morgan fingerprint density at radius 1 is 1.11 bits per heavy atom. The number of carbonyl (C=O) groups is 3. The van der Waals surface area contributed by atoms with E-state index in [1.807, 2.05) is 32.0 Å². The molecule has 0 fully saturated rings. The zero-order valence-electron chi connectivity index (χ0n) is 15.8. The van der Waals surface area contributed by atoms with Gasteiger partial charge < -0.3 is 10.1 Å². The lowest BCUT2D eigenvalue weighted by molar-refractivity contribution is -0.140. The summed E-state index contributed by atoms with van der Waals surface area (Å²) in [5.74, 6) is -1.34. The number of ether oxygens (including phenoxy) is 1. The van der Waals surface area contributed by atoms with E-state index < -0.39 is 18.5 Å². The summed E-state index contributed by atoms with van der Waals surface area (Å²) in [6.07, 6.45) is 0.331. The van der Waals surface area contributed by atoms with Crippen LogP contribution < -0.4 is 10.3 Å². The van der Waals surface area contributed by atoms with Crippen molar-refractivity contribution in [3.8, 4) is 0 Å². The Bertz CT molecular complexity index is 938. The van der Waals surface area contributed by atoms with Gasteiger partial charge in [0.15, 0.2) is 6.61 Å². The van der Waals surface area contributed by atoms with Crippen molar-refractivity contribution >= 4 is 34.9 Å². The molecule has 0 spiro atoms. The van der Waals surface area contributed by atoms with Crippen molar-refractivity contribution in [3.63, 3.8) is 0 Å². The SMILES string of the molecule is Cc1ccc(NC(=O)COC(=O)C2=NN(c3ccccc3)C(=O)CC2)c(C)c1. The van der Waals surface area contributed by atoms with Crippen LogP contribution in [0.5, 0.6) is 0 Å². The number of hydrogen-bond acceptors (Lipinski definition) is 5. The van der Waals surface area contributed by atoms with Crippen molar-refractivity contribution in [1.29, 1.82) is 0 Å². The number of hydrazone groups is 1. The molecule has 1 aliphatic heterocycles. The predicted molar refractivity (Wildman–Crippen MR) is 106 cm³/mol. The smallest absolute Gasteiger partial charge is 0.355 e. The van der Waals surface area contributed by atoms with Gasteiger partial charge in [0, 0.05) is 18.5 Å². The molecule has 2 aromatic rings. The van der Waals surface area contributed by atoms with E-state index in [0.29, 0.717) is 11.4 Å². The summed E-state index contributed by atoms with van der Waals surface area (Å²) in [5.41, 5.74) is 3.37. The van der Waals surface area contributed by atoms with Gasteiger partial charge in [0.25, 0.3) is 5.91 Å². The minimum absolute atomic E-state index is 0.114. The molecule has 0 bridgehead atoms. The zero-order valence-corrected chi connectivity index (χ0v) is 15.8. The van der Waals surface area contributed by atoms with Crippen molar-refractivity contribution in [1.82, 2.24) is 0 Å². The summed E-state index contributed by atoms with van der Waals surface area (Å²) in [6.45, 7) is 3.43. The molecule has 144 valence electrons. The van der Waals surface area contributed by atoms with Gasteiger partial charge in [-0.25, -0.2) is 9.80 Å². The molecule has 0 saturated carbocycles. The Balaban J connectivity index is 1.61. The van der Waals surface area contributed by atoms with Crippen LogP contribution in [0.4, 0.5) is 11.4 Å². The van der Waals surface area contributed by atoms with Crippen LogP contribution in [0.1, 0.15) is 24.0 Å². The van der Waals surface area contributed by atoms with Crippen LogP contribution in [-0.4, -0.2) is 30.1 Å². The highest BCUT2D eigenvalue weighted by molar-refractivity contribution is 6.38. The third-order valence-corrected chi connectivity index (χ3v) is 4.26. The van der Waals surface area contributed by atoms with Crippen LogP contribution in [0.3, 0.4) is 0 Å². The van der Waals surface area contributed by atoms with Gasteiger partial charge in [-0.1, -0.05) is 35.9 Å². The lowest BCUT2D eigenvalue weighted by atomic mass is 10.1. The monoisotopic (exact) mass is 379 g/mol. The molecule has 2 amide bonds. The molecule has 0 saturated heterocycles. The van der Waals surface area contributed by atoms with Gasteiger partial charge in [-0.2, -0.15) is 5.10 Å². The molecule has 0 aromatic heterocycles. The fourth-order valence-corrected chi connectivity index (χ4v) is 2.83. The molecule has 0 radical (unpaired) electrons. The summed E-state index contributed by atoms with van der Waals surface area (Å²) in [5, 5.41) is 8.02. The molecular formula is C21H21N3O4. The number of amides is 2. The number of nitrogens with zero attached hydrogens (tertiary/aromatic N) is 2. The average Bonchev–Trinajstić information content (AvgIpc) is 2.69. The molecule has 1 heterocycles. The third kappa shape index (κ3) is 4.62. The minimum atomic E-state index is -0.704. The predicted octanol–water partition coefficient (Wildman–Crippen LogP) is 2.97. The Morgan fingerprint density at radius 3 is 2.57 bits per heavy atom. The lowest BCUT2D eigenvalue weighted by Gasteiger charge is -2.22. The molecule has 2 aromatic carbocycles. The van der Waals surface area contributed by atoms with Crippen molar-refractivity contribution in [2.24, 2.45) is 5.10 Å². The maximum atomic E-state index is 12.3. The highest BCUT2D eigenvalue weighted by atomic mass is 16.5. The summed E-state index contributed by atoms with van der Waals surface area (Å²) in [4.78, 5) is 36.5. The van der Waals surface area contributed by atoms with Crippen LogP contribution in [0.2, 0.25) is 0 Å². The summed E-state index contributed by atoms with van der Waals surface area (Å²) >= 11 is 0. The lowest BCUT2D eigenvalue weighted by Crippen LogP contribution is -2.35. The number of para-hydroxylation sites is 1. The molecule has 28 heavy (non-hydrogen) atoms. The van der Waals surface area contributed by atoms with Gasteiger partial charge in [0.05, 0.1) is 5.69 Å². The number of hydrogen-bond donors (Lipinski definition) is 1. The summed E-state index contributed by atoms with van der Waals surface area (Å²) in [6, 6.07) is 14.5. The number of esters is 1. The molecule has 7 nitrogen and oxygen atoms in total. The van der Waals surface area contributed by atoms with E-state index in [-0.39, 0.29) is 24.5 Å². The van der Waals surface area contributed by atoms with Crippen LogP contribution >= 0.6 is 0 Å². The van der Waals surface area contributed by atoms with Gasteiger partial charge in [-0.05, 0) is 37.6 Å². The Labute approximate surface area is 163 Å². The zero-order chi connectivity index (χ0) is 20.1. The number of nitrogens with one attached hydrogen (secondary N) is 1. The van der Waals surface area contributed by atoms with Gasteiger partial charge in [0.2, 0.25) is 5.91 Å². The minimum Gasteiger partial charge on any atom is -0.451 e. The Morgan fingerprint density at radius 2 is 1.86 bits per heavy atom. The standard InChI is InChI=1S/C21H21N3O4/c1-14-8-9-17(15(2)12-14)22-19(25)13-28-21(27)18-10-11-20(26)24(23-18)16-6-4-3-5-7-16/h3-9,12H,10-11,13H2,1-2H3,(H,22,25). The molecule has 3 rings (SSSR count). The van der Waals surface area contributed by atoms with Crippen LogP contribution in [-0.2, 0) is 19.1 Å². The third-order valence-electron chi connectivity index (χ3n) is 4.26. The molecule has 0 atom stereocenters. The highest BCUT2D eigenvalue weighted by Crippen LogP contribution is 2.20. The number of benzene rings is 2. The van der Waals surface area contributed by atoms with Crippen LogP contribution in [0.15, 0.2) is 53.6 Å². The topological polar surface area (TPSA) is 88.1 Å². The first-order valence-electron chi connectivity index (χ1n) is 8.94. The molecule has 0 aliphatic carbocycles. The van der Waals surface area contributed by atoms with Gasteiger partial charge in [-0.3, -0.25) is 9.59 Å². The molecule has 1 aliphatic rings. The van der Waals surface area contributed by atoms with Gasteiger partial charge >= 0.3 is 5.97 Å². The maximum Gasteiger partial charge on any atom is 0.355 e. The highest BCUT2D eigenvalue weighted by Gasteiger charge is 2.26. The molecule has 0 unspecified atom stereocenters. The van der Waals surface area contributed by atoms with E-state index in [2.05, 4.69) is 10.4 Å². The van der Waals surface area contributed by atoms with Gasteiger partial charge in [-0.15, -0.1) is 0 Å². The van der Waals surface area contributed by atoms with E-state index in [1.165, 1.54) is 5.01 Å². The first-order chi connectivity index (χ1) is 13.4. The number of anilines is 2. The maximum absolute atomic E-state index is 12.3. The normalized spacial score (nSPS) is 13.7. The quantitative estimate of drug-likeness (QED) is 0.809. The summed E-state index contributed by atoms with van der Waals surface area (Å²) < 4.78 is 5.08. The average molecular weight is 379 g/mol.